The zero-order valence-corrected chi connectivity index (χ0v) is 7.76. The average Bonchev–Trinajstić information content (AvgIpc) is 2.19. The van der Waals surface area contributed by atoms with Crippen LogP contribution < -0.4 is 15.4 Å². The van der Waals surface area contributed by atoms with E-state index in [2.05, 4.69) is 23.6 Å². The lowest BCUT2D eigenvalue weighted by atomic mass is 10.2. The second-order valence-corrected chi connectivity index (χ2v) is 2.98. The molecule has 1 aromatic carbocycles. The van der Waals surface area contributed by atoms with Crippen LogP contribution in [-0.2, 0) is 0 Å². The highest BCUT2D eigenvalue weighted by atomic mass is 16.5. The Bertz CT molecular complexity index is 299. The summed E-state index contributed by atoms with van der Waals surface area (Å²) in [5.41, 5.74) is 2.22. The van der Waals surface area contributed by atoms with Gasteiger partial charge in [-0.15, -0.1) is 0 Å². The minimum atomic E-state index is 0.753. The van der Waals surface area contributed by atoms with Gasteiger partial charge in [-0.25, -0.2) is 0 Å². The number of hydrogen-bond acceptors (Lipinski definition) is 3. The number of anilines is 2. The highest BCUT2D eigenvalue weighted by Crippen LogP contribution is 2.34. The number of para-hydroxylation sites is 1. The monoisotopic (exact) mass is 178 g/mol. The zero-order valence-electron chi connectivity index (χ0n) is 7.76. The second kappa shape index (κ2) is 3.56. The largest absolute Gasteiger partial charge is 0.490 e. The van der Waals surface area contributed by atoms with Crippen LogP contribution in [0.5, 0.6) is 5.75 Å². The summed E-state index contributed by atoms with van der Waals surface area (Å²) in [4.78, 5) is 0. The molecule has 2 N–H and O–H groups in total. The van der Waals surface area contributed by atoms with Gasteiger partial charge >= 0.3 is 0 Å². The highest BCUT2D eigenvalue weighted by molar-refractivity contribution is 5.76. The molecular weight excluding hydrogens is 164 g/mol. The molecule has 2 rings (SSSR count). The van der Waals surface area contributed by atoms with Gasteiger partial charge in [-0.2, -0.15) is 0 Å². The third kappa shape index (κ3) is 1.54. The molecule has 1 aliphatic heterocycles. The lowest BCUT2D eigenvalue weighted by Gasteiger charge is -2.21. The van der Waals surface area contributed by atoms with E-state index in [1.807, 2.05) is 12.1 Å². The van der Waals surface area contributed by atoms with Crippen molar-refractivity contribution in [2.75, 3.05) is 30.3 Å². The normalized spacial score (nSPS) is 13.9. The number of benzene rings is 1. The zero-order chi connectivity index (χ0) is 9.10. The lowest BCUT2D eigenvalue weighted by molar-refractivity contribution is 0.323. The maximum Gasteiger partial charge on any atom is 0.144 e. The van der Waals surface area contributed by atoms with E-state index in [1.54, 1.807) is 0 Å². The van der Waals surface area contributed by atoms with E-state index < -0.39 is 0 Å². The molecule has 13 heavy (non-hydrogen) atoms. The molecule has 0 saturated carbocycles. The maximum absolute atomic E-state index is 5.51. The Balaban J connectivity index is 2.34. The summed E-state index contributed by atoms with van der Waals surface area (Å²) in [6.45, 7) is 4.65. The Labute approximate surface area is 78.1 Å². The van der Waals surface area contributed by atoms with Gasteiger partial charge in [0.2, 0.25) is 0 Å². The molecule has 0 bridgehead atoms. The Hall–Kier alpha value is -1.38. The van der Waals surface area contributed by atoms with E-state index in [1.165, 1.54) is 0 Å². The quantitative estimate of drug-likeness (QED) is 0.726. The fourth-order valence-corrected chi connectivity index (χ4v) is 1.51. The van der Waals surface area contributed by atoms with E-state index in [9.17, 15) is 0 Å². The summed E-state index contributed by atoms with van der Waals surface area (Å²) in [7, 11) is 0. The van der Waals surface area contributed by atoms with Crippen molar-refractivity contribution >= 4 is 11.4 Å². The van der Waals surface area contributed by atoms with E-state index in [0.29, 0.717) is 0 Å². The second-order valence-electron chi connectivity index (χ2n) is 2.98. The molecule has 0 unspecified atom stereocenters. The number of fused-ring (bicyclic) bond motifs is 1. The highest BCUT2D eigenvalue weighted by Gasteiger charge is 2.12. The van der Waals surface area contributed by atoms with Gasteiger partial charge in [0.25, 0.3) is 0 Å². The van der Waals surface area contributed by atoms with E-state index in [0.717, 1.165) is 36.8 Å². The molecule has 0 aromatic heterocycles. The van der Waals surface area contributed by atoms with Crippen LogP contribution in [0.15, 0.2) is 18.2 Å². The molecule has 3 nitrogen and oxygen atoms in total. The van der Waals surface area contributed by atoms with Crippen molar-refractivity contribution in [3.8, 4) is 5.75 Å². The van der Waals surface area contributed by atoms with Crippen molar-refractivity contribution in [3.63, 3.8) is 0 Å². The van der Waals surface area contributed by atoms with Gasteiger partial charge in [0, 0.05) is 13.1 Å². The Morgan fingerprint density at radius 1 is 1.54 bits per heavy atom. The molecule has 0 amide bonds. The van der Waals surface area contributed by atoms with Crippen LogP contribution in [0.4, 0.5) is 11.4 Å². The third-order valence-corrected chi connectivity index (χ3v) is 2.05. The predicted octanol–water partition coefficient (Wildman–Crippen LogP) is 1.92. The summed E-state index contributed by atoms with van der Waals surface area (Å²) in [5, 5.41) is 6.62. The molecule has 0 atom stereocenters. The van der Waals surface area contributed by atoms with Crippen molar-refractivity contribution < 1.29 is 4.74 Å². The first kappa shape index (κ1) is 8.23. The number of hydrogen-bond donors (Lipinski definition) is 2. The third-order valence-electron chi connectivity index (χ3n) is 2.05. The smallest absolute Gasteiger partial charge is 0.144 e. The molecule has 70 valence electrons. The van der Waals surface area contributed by atoms with Crippen LogP contribution in [0, 0.1) is 0 Å². The van der Waals surface area contributed by atoms with Crippen LogP contribution in [0.2, 0.25) is 0 Å². The van der Waals surface area contributed by atoms with Gasteiger partial charge in [-0.3, -0.25) is 0 Å². The fourth-order valence-electron chi connectivity index (χ4n) is 1.51. The van der Waals surface area contributed by atoms with Gasteiger partial charge in [-0.05, 0) is 19.1 Å². The van der Waals surface area contributed by atoms with Gasteiger partial charge in [0.15, 0.2) is 0 Å². The van der Waals surface area contributed by atoms with Crippen LogP contribution in [-0.4, -0.2) is 19.7 Å². The molecule has 0 spiro atoms. The van der Waals surface area contributed by atoms with Crippen molar-refractivity contribution in [2.24, 2.45) is 0 Å². The van der Waals surface area contributed by atoms with Crippen LogP contribution in [0.1, 0.15) is 6.92 Å². The molecule has 0 radical (unpaired) electrons. The predicted molar refractivity (Wildman–Crippen MR) is 54.6 cm³/mol. The van der Waals surface area contributed by atoms with Crippen molar-refractivity contribution in [1.29, 1.82) is 0 Å². The van der Waals surface area contributed by atoms with E-state index in [-0.39, 0.29) is 0 Å². The molecule has 1 aliphatic rings. The first-order chi connectivity index (χ1) is 6.42. The van der Waals surface area contributed by atoms with Crippen LogP contribution >= 0.6 is 0 Å². The van der Waals surface area contributed by atoms with Crippen LogP contribution in [0.3, 0.4) is 0 Å². The van der Waals surface area contributed by atoms with Crippen molar-refractivity contribution in [1.82, 2.24) is 0 Å². The number of nitrogens with one attached hydrogen (secondary N) is 2. The summed E-state index contributed by atoms with van der Waals surface area (Å²) in [5.74, 6) is 0.949. The summed E-state index contributed by atoms with van der Waals surface area (Å²) in [6, 6.07) is 6.05. The van der Waals surface area contributed by atoms with E-state index in [4.69, 9.17) is 4.74 Å². The maximum atomic E-state index is 5.51. The molecule has 0 aliphatic carbocycles. The van der Waals surface area contributed by atoms with Gasteiger partial charge in [-0.1, -0.05) is 6.07 Å². The molecule has 1 aromatic rings. The fraction of sp³-hybridized carbons (Fsp3) is 0.400. The Morgan fingerprint density at radius 3 is 3.31 bits per heavy atom. The Morgan fingerprint density at radius 2 is 2.46 bits per heavy atom. The van der Waals surface area contributed by atoms with Gasteiger partial charge < -0.3 is 15.4 Å². The number of ether oxygens (including phenoxy) is 1. The minimum Gasteiger partial charge on any atom is -0.490 e. The Kier molecular flexibility index (Phi) is 2.25. The minimum absolute atomic E-state index is 0.753. The summed E-state index contributed by atoms with van der Waals surface area (Å²) < 4.78 is 5.51. The summed E-state index contributed by atoms with van der Waals surface area (Å²) in [6.07, 6.45) is 0. The molecular formula is C10H14N2O. The summed E-state index contributed by atoms with van der Waals surface area (Å²) >= 11 is 0. The molecule has 3 heteroatoms. The topological polar surface area (TPSA) is 33.3 Å². The molecule has 1 heterocycles. The average molecular weight is 178 g/mol. The first-order valence-corrected chi connectivity index (χ1v) is 4.65. The molecule has 0 saturated heterocycles. The SMILES string of the molecule is CCNc1cccc2c1NCCO2. The standard InChI is InChI=1S/C10H14N2O/c1-2-11-8-4-3-5-9-10(8)12-6-7-13-9/h3-5,11-12H,2,6-7H2,1H3. The van der Waals surface area contributed by atoms with Crippen molar-refractivity contribution in [2.45, 2.75) is 6.92 Å². The van der Waals surface area contributed by atoms with E-state index >= 15 is 0 Å². The number of rotatable bonds is 2. The van der Waals surface area contributed by atoms with Crippen LogP contribution in [0.25, 0.3) is 0 Å². The first-order valence-electron chi connectivity index (χ1n) is 4.65. The molecule has 0 fully saturated rings. The lowest BCUT2D eigenvalue weighted by Crippen LogP contribution is -2.19. The van der Waals surface area contributed by atoms with Crippen molar-refractivity contribution in [3.05, 3.63) is 18.2 Å². The van der Waals surface area contributed by atoms with Gasteiger partial charge in [0.05, 0.1) is 5.69 Å². The van der Waals surface area contributed by atoms with Gasteiger partial charge in [0.1, 0.15) is 18.0 Å².